The number of aromatic nitrogens is 3. The highest BCUT2D eigenvalue weighted by Gasteiger charge is 2.26. The molecule has 1 N–H and O–H groups in total. The zero-order chi connectivity index (χ0) is 20.2. The minimum atomic E-state index is -0.0389. The topological polar surface area (TPSA) is 80.1 Å². The fraction of sp³-hybridized carbons (Fsp3) is 0.333. The van der Waals surface area contributed by atoms with Crippen molar-refractivity contribution < 1.29 is 4.79 Å². The van der Waals surface area contributed by atoms with E-state index in [1.165, 1.54) is 11.3 Å². The van der Waals surface area contributed by atoms with E-state index in [4.69, 9.17) is 0 Å². The first kappa shape index (κ1) is 19.5. The van der Waals surface area contributed by atoms with Gasteiger partial charge in [-0.1, -0.05) is 17.4 Å². The van der Waals surface area contributed by atoms with Crippen LogP contribution < -0.4 is 10.2 Å². The predicted octanol–water partition coefficient (Wildman–Crippen LogP) is 2.98. The molecule has 4 heterocycles. The van der Waals surface area contributed by atoms with Crippen molar-refractivity contribution >= 4 is 23.1 Å². The van der Waals surface area contributed by atoms with Crippen LogP contribution in [0.5, 0.6) is 0 Å². The van der Waals surface area contributed by atoms with Gasteiger partial charge in [-0.3, -0.25) is 24.0 Å². The van der Waals surface area contributed by atoms with Crippen molar-refractivity contribution in [1.82, 2.24) is 19.4 Å². The van der Waals surface area contributed by atoms with Gasteiger partial charge in [-0.05, 0) is 49.6 Å². The fourth-order valence-electron chi connectivity index (χ4n) is 3.55. The summed E-state index contributed by atoms with van der Waals surface area (Å²) in [5, 5.41) is 4.78. The maximum atomic E-state index is 12.6. The number of nitrogens with zero attached hydrogens (tertiary/aromatic N) is 4. The largest absolute Gasteiger partial charge is 0.310 e. The third-order valence-electron chi connectivity index (χ3n) is 5.18. The van der Waals surface area contributed by atoms with Gasteiger partial charge in [0.05, 0.1) is 18.1 Å². The molecule has 150 valence electrons. The number of aryl methyl sites for hydroxylation is 1. The first-order valence-electron chi connectivity index (χ1n) is 9.66. The summed E-state index contributed by atoms with van der Waals surface area (Å²) in [5.41, 5.74) is 2.70. The zero-order valence-corrected chi connectivity index (χ0v) is 17.1. The van der Waals surface area contributed by atoms with Crippen molar-refractivity contribution in [2.75, 3.05) is 18.4 Å². The lowest BCUT2D eigenvalue weighted by molar-refractivity contribution is -0.121. The number of hydrogen-bond acceptors (Lipinski definition) is 6. The predicted molar refractivity (Wildman–Crippen MR) is 114 cm³/mol. The molecule has 29 heavy (non-hydrogen) atoms. The molecule has 0 unspecified atom stereocenters. The molecule has 0 radical (unpaired) electrons. The van der Waals surface area contributed by atoms with Crippen LogP contribution in [0.4, 0.5) is 5.82 Å². The van der Waals surface area contributed by atoms with Crippen molar-refractivity contribution in [3.8, 4) is 11.4 Å². The molecule has 0 saturated carbocycles. The lowest BCUT2D eigenvalue weighted by Crippen LogP contribution is -2.40. The Labute approximate surface area is 173 Å². The van der Waals surface area contributed by atoms with Gasteiger partial charge in [-0.2, -0.15) is 0 Å². The van der Waals surface area contributed by atoms with Crippen molar-refractivity contribution in [3.05, 3.63) is 63.3 Å². The second-order valence-electron chi connectivity index (χ2n) is 7.27. The minimum Gasteiger partial charge on any atom is -0.310 e. The van der Waals surface area contributed by atoms with Crippen LogP contribution in [0.25, 0.3) is 11.4 Å². The summed E-state index contributed by atoms with van der Waals surface area (Å²) < 4.78 is 1.77. The van der Waals surface area contributed by atoms with E-state index in [2.05, 4.69) is 20.2 Å². The highest BCUT2D eigenvalue weighted by molar-refractivity contribution is 7.07. The Balaban J connectivity index is 1.37. The molecule has 0 bridgehead atoms. The number of nitrogens with one attached hydrogen (secondary N) is 1. The van der Waals surface area contributed by atoms with Gasteiger partial charge in [-0.25, -0.2) is 4.98 Å². The van der Waals surface area contributed by atoms with E-state index >= 15 is 0 Å². The lowest BCUT2D eigenvalue weighted by atomic mass is 9.96. The maximum Gasteiger partial charge on any atom is 0.308 e. The number of carbonyl (C=O) groups is 1. The summed E-state index contributed by atoms with van der Waals surface area (Å²) in [6.45, 7) is 4.02. The number of likely N-dealkylation sites (tertiary alicyclic amines) is 1. The molecule has 0 aliphatic carbocycles. The molecule has 0 aromatic carbocycles. The Morgan fingerprint density at radius 1 is 1.21 bits per heavy atom. The summed E-state index contributed by atoms with van der Waals surface area (Å²) in [7, 11) is 0. The SMILES string of the molecule is Cc1ccnc(NC(=O)C2CCN(Cn3c(-c4ccccn4)csc3=O)CC2)c1. The van der Waals surface area contributed by atoms with Gasteiger partial charge in [0, 0.05) is 36.8 Å². The Kier molecular flexibility index (Phi) is 5.82. The van der Waals surface area contributed by atoms with Gasteiger partial charge in [0.25, 0.3) is 0 Å². The molecule has 7 nitrogen and oxygen atoms in total. The average molecular weight is 410 g/mol. The molecular formula is C21H23N5O2S. The number of piperidine rings is 1. The molecule has 1 amide bonds. The van der Waals surface area contributed by atoms with Crippen LogP contribution in [0.1, 0.15) is 18.4 Å². The minimum absolute atomic E-state index is 0.0102. The number of thiazole rings is 1. The highest BCUT2D eigenvalue weighted by Crippen LogP contribution is 2.22. The van der Waals surface area contributed by atoms with E-state index in [0.29, 0.717) is 12.5 Å². The van der Waals surface area contributed by atoms with E-state index in [-0.39, 0.29) is 16.7 Å². The molecule has 1 aliphatic heterocycles. The van der Waals surface area contributed by atoms with Gasteiger partial charge >= 0.3 is 4.87 Å². The number of anilines is 1. The standard InChI is InChI=1S/C21H23N5O2S/c1-15-5-9-23-19(12-15)24-20(27)16-6-10-25(11-7-16)14-26-18(13-29-21(26)28)17-4-2-3-8-22-17/h2-5,8-9,12-13,16H,6-7,10-11,14H2,1H3,(H,23,24,27). The summed E-state index contributed by atoms with van der Waals surface area (Å²) >= 11 is 1.19. The fourth-order valence-corrected chi connectivity index (χ4v) is 4.29. The van der Waals surface area contributed by atoms with Gasteiger partial charge in [-0.15, -0.1) is 0 Å². The number of hydrogen-bond donors (Lipinski definition) is 1. The van der Waals surface area contributed by atoms with Gasteiger partial charge in [0.15, 0.2) is 0 Å². The molecule has 1 fully saturated rings. The second kappa shape index (κ2) is 8.67. The zero-order valence-electron chi connectivity index (χ0n) is 16.2. The normalized spacial score (nSPS) is 15.3. The molecule has 4 rings (SSSR count). The molecule has 3 aromatic heterocycles. The highest BCUT2D eigenvalue weighted by atomic mass is 32.1. The first-order valence-corrected chi connectivity index (χ1v) is 10.5. The third-order valence-corrected chi connectivity index (χ3v) is 5.94. The van der Waals surface area contributed by atoms with Crippen LogP contribution in [0.3, 0.4) is 0 Å². The van der Waals surface area contributed by atoms with Crippen LogP contribution in [0, 0.1) is 12.8 Å². The summed E-state index contributed by atoms with van der Waals surface area (Å²) in [4.78, 5) is 35.7. The number of amides is 1. The maximum absolute atomic E-state index is 12.6. The van der Waals surface area contributed by atoms with E-state index in [1.54, 1.807) is 17.0 Å². The summed E-state index contributed by atoms with van der Waals surface area (Å²) in [6.07, 6.45) is 4.95. The number of pyridine rings is 2. The van der Waals surface area contributed by atoms with Crippen LogP contribution in [-0.4, -0.2) is 38.4 Å². The molecule has 0 atom stereocenters. The Morgan fingerprint density at radius 2 is 2.03 bits per heavy atom. The van der Waals surface area contributed by atoms with E-state index in [0.717, 1.165) is 42.9 Å². The van der Waals surface area contributed by atoms with Crippen molar-refractivity contribution in [1.29, 1.82) is 0 Å². The molecule has 0 spiro atoms. The average Bonchev–Trinajstić information content (AvgIpc) is 3.09. The Bertz CT molecular complexity index is 1040. The van der Waals surface area contributed by atoms with Crippen molar-refractivity contribution in [2.45, 2.75) is 26.4 Å². The van der Waals surface area contributed by atoms with E-state index in [1.807, 2.05) is 42.6 Å². The van der Waals surface area contributed by atoms with Crippen molar-refractivity contribution in [2.24, 2.45) is 5.92 Å². The Morgan fingerprint density at radius 3 is 2.76 bits per heavy atom. The molecule has 8 heteroatoms. The van der Waals surface area contributed by atoms with E-state index in [9.17, 15) is 9.59 Å². The monoisotopic (exact) mass is 409 g/mol. The molecule has 1 saturated heterocycles. The third kappa shape index (κ3) is 4.60. The first-order chi connectivity index (χ1) is 14.1. The smallest absolute Gasteiger partial charge is 0.308 e. The van der Waals surface area contributed by atoms with Gasteiger partial charge in [0.2, 0.25) is 5.91 Å². The van der Waals surface area contributed by atoms with Gasteiger partial charge in [0.1, 0.15) is 5.82 Å². The van der Waals surface area contributed by atoms with Crippen LogP contribution in [-0.2, 0) is 11.5 Å². The molecular weight excluding hydrogens is 386 g/mol. The molecule has 3 aromatic rings. The van der Waals surface area contributed by atoms with Crippen LogP contribution in [0.2, 0.25) is 0 Å². The van der Waals surface area contributed by atoms with E-state index < -0.39 is 0 Å². The lowest BCUT2D eigenvalue weighted by Gasteiger charge is -2.31. The van der Waals surface area contributed by atoms with Crippen molar-refractivity contribution in [3.63, 3.8) is 0 Å². The number of carbonyl (C=O) groups excluding carboxylic acids is 1. The van der Waals surface area contributed by atoms with Crippen LogP contribution >= 0.6 is 11.3 Å². The summed E-state index contributed by atoms with van der Waals surface area (Å²) in [5.74, 6) is 0.579. The second-order valence-corrected chi connectivity index (χ2v) is 8.09. The quantitative estimate of drug-likeness (QED) is 0.701. The van der Waals surface area contributed by atoms with Crippen LogP contribution in [0.15, 0.2) is 52.9 Å². The summed E-state index contributed by atoms with van der Waals surface area (Å²) in [6, 6.07) is 9.46. The van der Waals surface area contributed by atoms with Gasteiger partial charge < -0.3 is 5.32 Å². The molecule has 1 aliphatic rings. The Hall–Kier alpha value is -2.84. The number of rotatable bonds is 5.